The van der Waals surface area contributed by atoms with E-state index in [2.05, 4.69) is 11.6 Å². The minimum absolute atomic E-state index is 1.56. The lowest BCUT2D eigenvalue weighted by molar-refractivity contribution is -0.0809. The molecule has 0 rings (SSSR count). The van der Waals surface area contributed by atoms with Crippen molar-refractivity contribution in [2.75, 3.05) is 6.61 Å². The molecule has 0 aliphatic rings. The normalized spacial score (nSPS) is 16.1. The molecule has 0 heterocycles. The molecule has 1 N–H and O–H groups in total. The smallest absolute Gasteiger partial charge is 0.314 e. The largest absolute Gasteiger partial charge is 0.390 e. The van der Waals surface area contributed by atoms with Crippen molar-refractivity contribution in [1.29, 1.82) is 0 Å². The first-order valence-corrected chi connectivity index (χ1v) is 2.21. The highest BCUT2D eigenvalue weighted by Gasteiger charge is 2.37. The average molecular weight is 149 g/mol. The van der Waals surface area contributed by atoms with E-state index in [1.165, 1.54) is 0 Å². The Bertz CT molecular complexity index is 74.9. The second-order valence-electron chi connectivity index (χ2n) is 1.22. The lowest BCUT2D eigenvalue weighted by Crippen LogP contribution is -2.29. The van der Waals surface area contributed by atoms with Gasteiger partial charge in [-0.05, 0) is 0 Å². The van der Waals surface area contributed by atoms with E-state index in [4.69, 9.17) is 5.11 Å². The molecule has 50 valence electrons. The summed E-state index contributed by atoms with van der Waals surface area (Å²) < 4.78 is 34.4. The number of aliphatic hydroxyl groups is 1. The van der Waals surface area contributed by atoms with Crippen LogP contribution >= 0.6 is 11.6 Å². The van der Waals surface area contributed by atoms with E-state index >= 15 is 0 Å². The van der Waals surface area contributed by atoms with Gasteiger partial charge in [0.15, 0.2) is 0 Å². The molecule has 1 atom stereocenters. The third-order valence-corrected chi connectivity index (χ3v) is 0.849. The van der Waals surface area contributed by atoms with Crippen LogP contribution in [0.2, 0.25) is 0 Å². The molecule has 0 amide bonds. The van der Waals surface area contributed by atoms with Crippen LogP contribution < -0.4 is 0 Å². The van der Waals surface area contributed by atoms with Gasteiger partial charge in [-0.3, -0.25) is 0 Å². The van der Waals surface area contributed by atoms with Gasteiger partial charge in [-0.25, -0.2) is 4.39 Å². The van der Waals surface area contributed by atoms with Crippen molar-refractivity contribution in [3.05, 3.63) is 0 Å². The minimum Gasteiger partial charge on any atom is -0.390 e. The zero-order chi connectivity index (χ0) is 6.78. The molecule has 0 aromatic carbocycles. The molecule has 5 heteroatoms. The van der Waals surface area contributed by atoms with Crippen LogP contribution in [0.5, 0.6) is 0 Å². The van der Waals surface area contributed by atoms with Crippen LogP contribution in [-0.4, -0.2) is 23.3 Å². The Morgan fingerprint density at radius 1 is 1.62 bits per heavy atom. The van der Waals surface area contributed by atoms with Crippen molar-refractivity contribution in [2.45, 2.75) is 11.6 Å². The van der Waals surface area contributed by atoms with Crippen molar-refractivity contribution >= 4 is 11.6 Å². The fourth-order valence-electron chi connectivity index (χ4n) is 0.0690. The molecule has 0 bridgehead atoms. The van der Waals surface area contributed by atoms with Crippen LogP contribution in [0.25, 0.3) is 0 Å². The van der Waals surface area contributed by atoms with E-state index in [1.807, 2.05) is 0 Å². The first-order chi connectivity index (χ1) is 3.50. The highest BCUT2D eigenvalue weighted by Crippen LogP contribution is 2.22. The Labute approximate surface area is 49.1 Å². The number of hydrogen-bond acceptors (Lipinski definition) is 1. The second-order valence-corrected chi connectivity index (χ2v) is 1.60. The van der Waals surface area contributed by atoms with Gasteiger partial charge in [0.2, 0.25) is 5.63 Å². The van der Waals surface area contributed by atoms with Gasteiger partial charge in [-0.1, -0.05) is 11.6 Å². The van der Waals surface area contributed by atoms with Gasteiger partial charge < -0.3 is 5.11 Å². The molecular weight excluding hydrogens is 144 g/mol. The summed E-state index contributed by atoms with van der Waals surface area (Å²) in [5, 5.41) is 7.69. The summed E-state index contributed by atoms with van der Waals surface area (Å²) in [4.78, 5) is 0. The SMILES string of the molecule is OCC(F)(F)C(F)Cl. The molecule has 0 aliphatic carbocycles. The van der Waals surface area contributed by atoms with Crippen LogP contribution in [0.1, 0.15) is 0 Å². The molecule has 0 radical (unpaired) electrons. The third-order valence-electron chi connectivity index (χ3n) is 0.530. The van der Waals surface area contributed by atoms with E-state index in [-0.39, 0.29) is 0 Å². The number of halogens is 4. The van der Waals surface area contributed by atoms with E-state index in [9.17, 15) is 13.2 Å². The lowest BCUT2D eigenvalue weighted by atomic mass is 10.4. The third kappa shape index (κ3) is 1.88. The van der Waals surface area contributed by atoms with Crippen LogP contribution in [0.3, 0.4) is 0 Å². The highest BCUT2D eigenvalue weighted by molar-refractivity contribution is 6.20. The number of hydrogen-bond donors (Lipinski definition) is 1. The van der Waals surface area contributed by atoms with Crippen molar-refractivity contribution in [3.8, 4) is 0 Å². The standard InChI is InChI=1S/C3H4ClF3O/c4-2(5)3(6,7)1-8/h2,8H,1H2. The van der Waals surface area contributed by atoms with Crippen molar-refractivity contribution < 1.29 is 18.3 Å². The summed E-state index contributed by atoms with van der Waals surface area (Å²) in [6.07, 6.45) is 0. The summed E-state index contributed by atoms with van der Waals surface area (Å²) in [5.74, 6) is -3.80. The Morgan fingerprint density at radius 3 is 2.00 bits per heavy atom. The fraction of sp³-hybridized carbons (Fsp3) is 1.00. The maximum absolute atomic E-state index is 11.5. The molecule has 1 nitrogen and oxygen atoms in total. The van der Waals surface area contributed by atoms with Gasteiger partial charge in [0.1, 0.15) is 6.61 Å². The molecule has 0 saturated heterocycles. The predicted molar refractivity (Wildman–Crippen MR) is 22.8 cm³/mol. The quantitative estimate of drug-likeness (QED) is 0.583. The van der Waals surface area contributed by atoms with Crippen LogP contribution in [0, 0.1) is 0 Å². The zero-order valence-electron chi connectivity index (χ0n) is 3.74. The van der Waals surface area contributed by atoms with Gasteiger partial charge in [0.25, 0.3) is 0 Å². The minimum atomic E-state index is -3.80. The Kier molecular flexibility index (Phi) is 2.56. The van der Waals surface area contributed by atoms with E-state index in [0.717, 1.165) is 0 Å². The van der Waals surface area contributed by atoms with Crippen LogP contribution in [0.4, 0.5) is 13.2 Å². The predicted octanol–water partition coefficient (Wildman–Crippen LogP) is 1.15. The summed E-state index contributed by atoms with van der Waals surface area (Å²) in [6, 6.07) is 0. The molecular formula is C3H4ClF3O. The number of alkyl halides is 4. The van der Waals surface area contributed by atoms with Gasteiger partial charge >= 0.3 is 5.92 Å². The fourth-order valence-corrected chi connectivity index (χ4v) is 0.138. The van der Waals surface area contributed by atoms with Crippen molar-refractivity contribution in [3.63, 3.8) is 0 Å². The maximum Gasteiger partial charge on any atom is 0.314 e. The molecule has 0 saturated carbocycles. The Balaban J connectivity index is 3.71. The van der Waals surface area contributed by atoms with Crippen LogP contribution in [-0.2, 0) is 0 Å². The first kappa shape index (κ1) is 8.04. The van der Waals surface area contributed by atoms with Gasteiger partial charge in [-0.15, -0.1) is 0 Å². The molecule has 8 heavy (non-hydrogen) atoms. The lowest BCUT2D eigenvalue weighted by Gasteiger charge is -2.10. The topological polar surface area (TPSA) is 20.2 Å². The molecule has 0 aromatic rings. The molecule has 1 unspecified atom stereocenters. The number of aliphatic hydroxyl groups excluding tert-OH is 1. The summed E-state index contributed by atoms with van der Waals surface area (Å²) in [6.45, 7) is -1.56. The Morgan fingerprint density at radius 2 is 2.00 bits per heavy atom. The Hall–Kier alpha value is 0.0400. The highest BCUT2D eigenvalue weighted by atomic mass is 35.5. The van der Waals surface area contributed by atoms with E-state index in [0.29, 0.717) is 0 Å². The van der Waals surface area contributed by atoms with E-state index < -0.39 is 18.2 Å². The van der Waals surface area contributed by atoms with Crippen LogP contribution in [0.15, 0.2) is 0 Å². The first-order valence-electron chi connectivity index (χ1n) is 1.77. The number of rotatable bonds is 2. The van der Waals surface area contributed by atoms with E-state index in [1.54, 1.807) is 0 Å². The average Bonchev–Trinajstić information content (AvgIpc) is 1.67. The maximum atomic E-state index is 11.5. The summed E-state index contributed by atoms with van der Waals surface area (Å²) in [7, 11) is 0. The summed E-state index contributed by atoms with van der Waals surface area (Å²) in [5.41, 5.74) is -2.80. The molecule has 0 aromatic heterocycles. The van der Waals surface area contributed by atoms with Gasteiger partial charge in [0, 0.05) is 0 Å². The van der Waals surface area contributed by atoms with Gasteiger partial charge in [-0.2, -0.15) is 8.78 Å². The zero-order valence-corrected chi connectivity index (χ0v) is 4.50. The second kappa shape index (κ2) is 2.55. The molecule has 0 aliphatic heterocycles. The molecule has 0 spiro atoms. The van der Waals surface area contributed by atoms with Crippen molar-refractivity contribution in [1.82, 2.24) is 0 Å². The van der Waals surface area contributed by atoms with Crippen molar-refractivity contribution in [2.24, 2.45) is 0 Å². The monoisotopic (exact) mass is 148 g/mol. The molecule has 0 fully saturated rings. The van der Waals surface area contributed by atoms with Gasteiger partial charge in [0.05, 0.1) is 0 Å². The summed E-state index contributed by atoms with van der Waals surface area (Å²) >= 11 is 4.29.